The summed E-state index contributed by atoms with van der Waals surface area (Å²) in [5, 5.41) is 0.734. The van der Waals surface area contributed by atoms with Crippen molar-refractivity contribution in [2.75, 3.05) is 5.43 Å². The van der Waals surface area contributed by atoms with E-state index in [1.165, 1.54) is 0 Å². The van der Waals surface area contributed by atoms with Gasteiger partial charge in [0.15, 0.2) is 0 Å². The topological polar surface area (TPSA) is 73.1 Å². The number of ether oxygens (including phenoxy) is 1. The minimum Gasteiger partial charge on any atom is -0.439 e. The number of hydrogen-bond donors (Lipinski definition) is 2. The van der Waals surface area contributed by atoms with Gasteiger partial charge in [-0.05, 0) is 37.1 Å². The summed E-state index contributed by atoms with van der Waals surface area (Å²) < 4.78 is 5.69. The molecule has 0 aliphatic carbocycles. The standard InChI is InChI=1S/C13H15ClN4O/c1-3-9-6-10(4-5-11(9)14)19-13-7-12(18-15)16-8(2)17-13/h4-7H,3,15H2,1-2H3,(H,16,17,18). The van der Waals surface area contributed by atoms with Gasteiger partial charge in [0.25, 0.3) is 0 Å². The Labute approximate surface area is 116 Å². The minimum atomic E-state index is 0.435. The molecular weight excluding hydrogens is 264 g/mol. The lowest BCUT2D eigenvalue weighted by Crippen LogP contribution is -2.09. The number of nitrogens with zero attached hydrogens (tertiary/aromatic N) is 2. The number of nitrogens with one attached hydrogen (secondary N) is 1. The molecule has 0 atom stereocenters. The molecule has 0 aliphatic heterocycles. The van der Waals surface area contributed by atoms with Gasteiger partial charge in [-0.15, -0.1) is 0 Å². The number of hydrogen-bond acceptors (Lipinski definition) is 5. The zero-order valence-corrected chi connectivity index (χ0v) is 11.5. The molecule has 0 fully saturated rings. The van der Waals surface area contributed by atoms with E-state index in [0.29, 0.717) is 23.3 Å². The second kappa shape index (κ2) is 5.86. The molecule has 100 valence electrons. The van der Waals surface area contributed by atoms with Crippen LogP contribution in [0.4, 0.5) is 5.82 Å². The predicted octanol–water partition coefficient (Wildman–Crippen LogP) is 3.08. The van der Waals surface area contributed by atoms with Crippen molar-refractivity contribution in [3.63, 3.8) is 0 Å². The third-order valence-corrected chi connectivity index (χ3v) is 2.95. The van der Waals surface area contributed by atoms with Crippen LogP contribution < -0.4 is 16.0 Å². The van der Waals surface area contributed by atoms with E-state index in [-0.39, 0.29) is 0 Å². The SMILES string of the molecule is CCc1cc(Oc2cc(NN)nc(C)n2)ccc1Cl. The van der Waals surface area contributed by atoms with Crippen molar-refractivity contribution in [2.24, 2.45) is 5.84 Å². The molecule has 6 heteroatoms. The summed E-state index contributed by atoms with van der Waals surface area (Å²) in [5.41, 5.74) is 3.50. The minimum absolute atomic E-state index is 0.435. The van der Waals surface area contributed by atoms with Gasteiger partial charge in [-0.1, -0.05) is 18.5 Å². The highest BCUT2D eigenvalue weighted by atomic mass is 35.5. The molecule has 2 rings (SSSR count). The number of rotatable bonds is 4. The fourth-order valence-corrected chi connectivity index (χ4v) is 1.92. The molecule has 1 aromatic carbocycles. The summed E-state index contributed by atoms with van der Waals surface area (Å²) in [6, 6.07) is 7.14. The van der Waals surface area contributed by atoms with Crippen LogP contribution in [-0.2, 0) is 6.42 Å². The van der Waals surface area contributed by atoms with Crippen molar-refractivity contribution in [1.29, 1.82) is 0 Å². The zero-order valence-electron chi connectivity index (χ0n) is 10.8. The maximum absolute atomic E-state index is 6.06. The van der Waals surface area contributed by atoms with Crippen molar-refractivity contribution in [3.8, 4) is 11.6 Å². The molecule has 2 aromatic rings. The molecule has 0 amide bonds. The average molecular weight is 279 g/mol. The van der Waals surface area contributed by atoms with Crippen molar-refractivity contribution in [3.05, 3.63) is 40.7 Å². The molecule has 3 N–H and O–H groups in total. The Morgan fingerprint density at radius 2 is 2.11 bits per heavy atom. The van der Waals surface area contributed by atoms with Gasteiger partial charge in [0.05, 0.1) is 0 Å². The highest BCUT2D eigenvalue weighted by Gasteiger charge is 2.06. The first-order valence-corrected chi connectivity index (χ1v) is 6.28. The Morgan fingerprint density at radius 1 is 1.32 bits per heavy atom. The van der Waals surface area contributed by atoms with Gasteiger partial charge in [-0.25, -0.2) is 10.8 Å². The largest absolute Gasteiger partial charge is 0.439 e. The van der Waals surface area contributed by atoms with E-state index in [1.54, 1.807) is 19.1 Å². The quantitative estimate of drug-likeness (QED) is 0.664. The van der Waals surface area contributed by atoms with E-state index >= 15 is 0 Å². The second-order valence-corrected chi connectivity index (χ2v) is 4.40. The summed E-state index contributed by atoms with van der Waals surface area (Å²) in [5.74, 6) is 7.54. The normalized spacial score (nSPS) is 10.3. The van der Waals surface area contributed by atoms with Crippen LogP contribution in [0.1, 0.15) is 18.3 Å². The lowest BCUT2D eigenvalue weighted by molar-refractivity contribution is 0.459. The number of nitrogens with two attached hydrogens (primary N) is 1. The lowest BCUT2D eigenvalue weighted by atomic mass is 10.1. The van der Waals surface area contributed by atoms with Crippen LogP contribution in [-0.4, -0.2) is 9.97 Å². The fourth-order valence-electron chi connectivity index (χ4n) is 1.67. The molecule has 0 unspecified atom stereocenters. The molecule has 0 spiro atoms. The molecule has 1 aromatic heterocycles. The van der Waals surface area contributed by atoms with Gasteiger partial charge in [-0.3, -0.25) is 0 Å². The summed E-state index contributed by atoms with van der Waals surface area (Å²) in [6.07, 6.45) is 0.842. The number of benzene rings is 1. The van der Waals surface area contributed by atoms with Crippen molar-refractivity contribution < 1.29 is 4.74 Å². The number of aryl methyl sites for hydroxylation is 2. The Morgan fingerprint density at radius 3 is 2.79 bits per heavy atom. The molecule has 0 aliphatic rings. The summed E-state index contributed by atoms with van der Waals surface area (Å²) in [7, 11) is 0. The smallest absolute Gasteiger partial charge is 0.224 e. The van der Waals surface area contributed by atoms with Crippen LogP contribution in [0.2, 0.25) is 5.02 Å². The van der Waals surface area contributed by atoms with E-state index in [2.05, 4.69) is 15.4 Å². The van der Waals surface area contributed by atoms with E-state index < -0.39 is 0 Å². The van der Waals surface area contributed by atoms with Crippen molar-refractivity contribution in [1.82, 2.24) is 9.97 Å². The highest BCUT2D eigenvalue weighted by molar-refractivity contribution is 6.31. The third kappa shape index (κ3) is 3.33. The lowest BCUT2D eigenvalue weighted by Gasteiger charge is -2.09. The van der Waals surface area contributed by atoms with Crippen LogP contribution in [0.5, 0.6) is 11.6 Å². The second-order valence-electron chi connectivity index (χ2n) is 3.99. The maximum atomic E-state index is 6.06. The molecule has 0 saturated heterocycles. The highest BCUT2D eigenvalue weighted by Crippen LogP contribution is 2.26. The average Bonchev–Trinajstić information content (AvgIpc) is 2.40. The van der Waals surface area contributed by atoms with E-state index in [0.717, 1.165) is 17.0 Å². The number of hydrazine groups is 1. The van der Waals surface area contributed by atoms with Gasteiger partial charge in [0.1, 0.15) is 17.4 Å². The summed E-state index contributed by atoms with van der Waals surface area (Å²) >= 11 is 6.06. The molecule has 0 bridgehead atoms. The first-order chi connectivity index (χ1) is 9.12. The monoisotopic (exact) mass is 278 g/mol. The molecule has 1 heterocycles. The third-order valence-electron chi connectivity index (χ3n) is 2.58. The molecule has 0 saturated carbocycles. The van der Waals surface area contributed by atoms with Gasteiger partial charge in [-0.2, -0.15) is 4.98 Å². The number of halogens is 1. The van der Waals surface area contributed by atoms with Gasteiger partial charge >= 0.3 is 0 Å². The Hall–Kier alpha value is -1.85. The van der Waals surface area contributed by atoms with Crippen molar-refractivity contribution >= 4 is 17.4 Å². The summed E-state index contributed by atoms with van der Waals surface area (Å²) in [6.45, 7) is 3.81. The molecule has 5 nitrogen and oxygen atoms in total. The molecular formula is C13H15ClN4O. The first kappa shape index (κ1) is 13.6. The van der Waals surface area contributed by atoms with Gasteiger partial charge in [0.2, 0.25) is 5.88 Å². The predicted molar refractivity (Wildman–Crippen MR) is 75.5 cm³/mol. The number of anilines is 1. The molecule has 19 heavy (non-hydrogen) atoms. The fraction of sp³-hybridized carbons (Fsp3) is 0.231. The van der Waals surface area contributed by atoms with Crippen LogP contribution in [0.25, 0.3) is 0 Å². The van der Waals surface area contributed by atoms with Crippen LogP contribution >= 0.6 is 11.6 Å². The number of aromatic nitrogens is 2. The Balaban J connectivity index is 2.28. The zero-order chi connectivity index (χ0) is 13.8. The number of nitrogen functional groups attached to an aromatic ring is 1. The van der Waals surface area contributed by atoms with E-state index in [9.17, 15) is 0 Å². The Kier molecular flexibility index (Phi) is 4.19. The first-order valence-electron chi connectivity index (χ1n) is 5.91. The van der Waals surface area contributed by atoms with Crippen LogP contribution in [0, 0.1) is 6.92 Å². The van der Waals surface area contributed by atoms with Crippen molar-refractivity contribution in [2.45, 2.75) is 20.3 Å². The van der Waals surface area contributed by atoms with E-state index in [1.807, 2.05) is 19.1 Å². The Bertz CT molecular complexity index is 589. The van der Waals surface area contributed by atoms with Crippen LogP contribution in [0.15, 0.2) is 24.3 Å². The van der Waals surface area contributed by atoms with E-state index in [4.69, 9.17) is 22.2 Å². The van der Waals surface area contributed by atoms with Gasteiger partial charge in [0, 0.05) is 11.1 Å². The summed E-state index contributed by atoms with van der Waals surface area (Å²) in [4.78, 5) is 8.29. The maximum Gasteiger partial charge on any atom is 0.224 e. The van der Waals surface area contributed by atoms with Crippen LogP contribution in [0.3, 0.4) is 0 Å². The molecule has 0 radical (unpaired) electrons. The van der Waals surface area contributed by atoms with Gasteiger partial charge < -0.3 is 10.2 Å².